The Balaban J connectivity index is 0.893. The van der Waals surface area contributed by atoms with Gasteiger partial charge in [-0.25, -0.2) is 14.6 Å². The molecule has 4 aliphatic rings. The minimum absolute atomic E-state index is 0.00242. The van der Waals surface area contributed by atoms with Crippen LogP contribution in [0.4, 0.5) is 26.7 Å². The summed E-state index contributed by atoms with van der Waals surface area (Å²) in [6.45, 7) is 16.8. The summed E-state index contributed by atoms with van der Waals surface area (Å²) in [6, 6.07) is 6.13. The van der Waals surface area contributed by atoms with Crippen LogP contribution < -0.4 is 58.0 Å². The first-order valence-electron chi connectivity index (χ1n) is 34.9. The van der Waals surface area contributed by atoms with Gasteiger partial charge in [0.15, 0.2) is 22.4 Å². The number of unbranched alkanes of at least 4 members (excludes halogenated alkanes) is 2. The molecule has 1 saturated heterocycles. The zero-order valence-corrected chi connectivity index (χ0v) is 60.5. The Hall–Kier alpha value is -10.9. The van der Waals surface area contributed by atoms with Gasteiger partial charge in [-0.3, -0.25) is 48.1 Å². The summed E-state index contributed by atoms with van der Waals surface area (Å²) < 4.78 is 41.7. The van der Waals surface area contributed by atoms with Gasteiger partial charge in [-0.15, -0.1) is 0 Å². The zero-order valence-electron chi connectivity index (χ0n) is 60.5. The van der Waals surface area contributed by atoms with Crippen molar-refractivity contribution in [3.05, 3.63) is 121 Å². The monoisotopic (exact) mass is 1450 g/mol. The van der Waals surface area contributed by atoms with E-state index < -0.39 is 129 Å². The molecule has 4 aromatic carbocycles. The zero-order chi connectivity index (χ0) is 76.5. The second-order valence-electron chi connectivity index (χ2n) is 27.6. The van der Waals surface area contributed by atoms with Gasteiger partial charge in [0.1, 0.15) is 53.6 Å². The number of allylic oxidation sites excluding steroid dienone is 3. The summed E-state index contributed by atoms with van der Waals surface area (Å²) >= 11 is 0. The van der Waals surface area contributed by atoms with Crippen molar-refractivity contribution < 1.29 is 91.3 Å². The fourth-order valence-electron chi connectivity index (χ4n) is 13.3. The van der Waals surface area contributed by atoms with Crippen LogP contribution in [0, 0.1) is 36.5 Å². The topological polar surface area (TPSA) is 423 Å². The predicted molar refractivity (Wildman–Crippen MR) is 386 cm³/mol. The Kier molecular flexibility index (Phi) is 25.1. The van der Waals surface area contributed by atoms with Crippen LogP contribution in [0.5, 0.6) is 11.5 Å². The number of nitrogens with two attached hydrogens (primary N) is 1. The number of nitrogens with zero attached hydrogens (tertiary/aromatic N) is 3. The number of ether oxygens (including phenoxy) is 6. The van der Waals surface area contributed by atoms with E-state index in [9.17, 15) is 63.3 Å². The molecule has 10 atom stereocenters. The summed E-state index contributed by atoms with van der Waals surface area (Å²) in [4.78, 5) is 152. The van der Waals surface area contributed by atoms with Gasteiger partial charge in [0, 0.05) is 104 Å². The lowest BCUT2D eigenvalue weighted by Gasteiger charge is -2.39. The molecule has 8 amide bonds. The predicted octanol–water partition coefficient (Wildman–Crippen LogP) is 6.63. The van der Waals surface area contributed by atoms with E-state index in [1.807, 2.05) is 19.9 Å². The van der Waals surface area contributed by atoms with Gasteiger partial charge >= 0.3 is 23.9 Å². The van der Waals surface area contributed by atoms with Gasteiger partial charge < -0.3 is 85.4 Å². The largest absolute Gasteiger partial charge is 0.509 e. The molecular formula is C75H91N9O21. The summed E-state index contributed by atoms with van der Waals surface area (Å²) in [6.07, 6.45) is 8.25. The number of nitrogens with one attached hydrogen (secondary N) is 5. The number of aliphatic hydroxyl groups is 2. The molecule has 0 radical (unpaired) electrons. The van der Waals surface area contributed by atoms with Crippen molar-refractivity contribution in [3.8, 4) is 11.5 Å². The number of aromatic nitrogens is 1. The number of aromatic hydroxyl groups is 1. The number of rotatable bonds is 22. The normalized spacial score (nSPS) is 23.2. The highest BCUT2D eigenvalue weighted by atomic mass is 16.7. The van der Waals surface area contributed by atoms with Crippen molar-refractivity contribution in [3.63, 3.8) is 0 Å². The number of esters is 1. The van der Waals surface area contributed by atoms with E-state index in [-0.39, 0.29) is 131 Å². The molecule has 5 aromatic rings. The Labute approximate surface area is 604 Å². The molecule has 4 bridgehead atoms. The molecule has 105 heavy (non-hydrogen) atoms. The number of urea groups is 1. The average Bonchev–Trinajstić information content (AvgIpc) is 1.64. The van der Waals surface area contributed by atoms with Crippen LogP contribution in [0.3, 0.4) is 0 Å². The van der Waals surface area contributed by atoms with Crippen molar-refractivity contribution >= 4 is 109 Å². The summed E-state index contributed by atoms with van der Waals surface area (Å²) in [5, 5.41) is 48.7. The summed E-state index contributed by atoms with van der Waals surface area (Å²) in [5.41, 5.74) is 3.48. The van der Waals surface area contributed by atoms with E-state index in [1.165, 1.54) is 77.5 Å². The smallest absolute Gasteiger partial charge is 0.507 e. The molecule has 30 heteroatoms. The van der Waals surface area contributed by atoms with Gasteiger partial charge in [0.05, 0.1) is 42.2 Å². The maximum atomic E-state index is 15.1. The standard InChI is InChI=1S/C75H91N9O21/c1-37(2)59(80-53(87)20-13-12-14-29-84-54(88)25-26-55(84)89)72(96)79-49(19-16-28-77-73(76)97)71(95)78-46-23-21-45(22-24-46)36-100-74(98)103-48-34-83(35-48)47-32-50(86)60-52(33-47)104-68-61(81-60)56-57-64(91)43(8)67-58(56)69(93)75(10,105-67)101-30-27-51(99-11)41(6)66(102-44(9)85)42(7)63(90)40(5)31-38(3)17-15-18-39(4)70(94)82-62(68)65(57)92/h15,17-18,21-27,30,32-33,37-38,40-42,48-49,51,59,63,66,90-91,93H,12-14,16,19-20,28-29,31,34-36H2,1-11H3,(H,78,95)(H,79,96)(H,80,87)(H,82,94)(H3,76,77,97)/b17-15+,30-27+,39-18-/t38-,40+,41+,42+,49-,51-,59?,63+,66+,75-/m0/s1. The van der Waals surface area contributed by atoms with E-state index in [0.29, 0.717) is 42.6 Å². The number of hydrogen-bond donors (Lipinski definition) is 9. The molecule has 562 valence electrons. The number of carbonyl (C=O) groups is 9. The van der Waals surface area contributed by atoms with Gasteiger partial charge in [-0.05, 0) is 87.5 Å². The molecule has 9 rings (SSSR count). The van der Waals surface area contributed by atoms with Crippen LogP contribution in [0.1, 0.15) is 118 Å². The molecule has 1 unspecified atom stereocenters. The average molecular weight is 1450 g/mol. The van der Waals surface area contributed by atoms with Crippen LogP contribution in [-0.2, 0) is 63.9 Å². The molecule has 0 spiro atoms. The van der Waals surface area contributed by atoms with Crippen molar-refractivity contribution in [1.29, 1.82) is 0 Å². The third kappa shape index (κ3) is 18.2. The Morgan fingerprint density at radius 1 is 0.867 bits per heavy atom. The number of fused-ring (bicyclic) bond motifs is 2. The van der Waals surface area contributed by atoms with Crippen molar-refractivity contribution in [2.45, 2.75) is 163 Å². The highest BCUT2D eigenvalue weighted by Crippen LogP contribution is 2.43. The number of amides is 8. The van der Waals surface area contributed by atoms with Crippen LogP contribution in [0.25, 0.3) is 38.7 Å². The number of aliphatic hydroxyl groups excluding tert-OH is 2. The molecule has 30 nitrogen and oxygen atoms in total. The van der Waals surface area contributed by atoms with Crippen LogP contribution >= 0.6 is 0 Å². The van der Waals surface area contributed by atoms with Crippen LogP contribution in [0.15, 0.2) is 98.7 Å². The lowest BCUT2D eigenvalue weighted by atomic mass is 9.79. The summed E-state index contributed by atoms with van der Waals surface area (Å²) in [7, 11) is 1.45. The molecule has 1 aromatic heterocycles. The first-order valence-corrected chi connectivity index (χ1v) is 34.9. The van der Waals surface area contributed by atoms with E-state index in [2.05, 4.69) is 26.6 Å². The lowest BCUT2D eigenvalue weighted by molar-refractivity contribution is -0.159. The number of benzene rings is 4. The van der Waals surface area contributed by atoms with Gasteiger partial charge in [-0.2, -0.15) is 0 Å². The second kappa shape index (κ2) is 33.7. The molecule has 0 aliphatic carbocycles. The highest BCUT2D eigenvalue weighted by molar-refractivity contribution is 6.17. The number of carbonyl (C=O) groups excluding carboxylic acids is 9. The number of imide groups is 1. The fourth-order valence-corrected chi connectivity index (χ4v) is 13.3. The Morgan fingerprint density at radius 2 is 1.57 bits per heavy atom. The number of methoxy groups -OCH3 is 1. The van der Waals surface area contributed by atoms with Crippen LogP contribution in [0.2, 0.25) is 0 Å². The number of hydrogen-bond acceptors (Lipinski definition) is 23. The highest BCUT2D eigenvalue weighted by Gasteiger charge is 2.45. The van der Waals surface area contributed by atoms with Gasteiger partial charge in [-0.1, -0.05) is 78.3 Å². The number of phenolic OH excluding ortho intramolecular Hbond substituents is 1. The van der Waals surface area contributed by atoms with Crippen molar-refractivity contribution in [1.82, 2.24) is 25.8 Å². The van der Waals surface area contributed by atoms with E-state index in [4.69, 9.17) is 43.6 Å². The number of phenols is 1. The van der Waals surface area contributed by atoms with Crippen molar-refractivity contribution in [2.75, 3.05) is 48.8 Å². The maximum Gasteiger partial charge on any atom is 0.509 e. The maximum absolute atomic E-state index is 15.1. The Bertz CT molecular complexity index is 4510. The minimum Gasteiger partial charge on any atom is -0.507 e. The van der Waals surface area contributed by atoms with E-state index >= 15 is 4.79 Å². The lowest BCUT2D eigenvalue weighted by Crippen LogP contribution is -2.54. The molecule has 5 heterocycles. The molecule has 10 N–H and O–H groups in total. The minimum atomic E-state index is -2.05. The van der Waals surface area contributed by atoms with Crippen LogP contribution in [-0.4, -0.2) is 154 Å². The molecule has 4 aliphatic heterocycles. The summed E-state index contributed by atoms with van der Waals surface area (Å²) in [5.74, 6) is -9.03. The third-order valence-corrected chi connectivity index (χ3v) is 19.3. The fraction of sp³-hybridized carbons (Fsp3) is 0.467. The second-order valence-corrected chi connectivity index (χ2v) is 27.6. The number of anilines is 3. The van der Waals surface area contributed by atoms with Crippen molar-refractivity contribution in [2.24, 2.45) is 35.3 Å². The SMILES string of the molecule is CO[C@H]1/C=C/O[C@@]2(C)Oc3c(C)c(O)c4c(=O)c(c5oc6cc(N7CC(OC(=O)OCc8ccc(NC(=O)[C@H](CCCNC(N)=O)NC(=O)C(NC(=O)CCCCCN9C(=O)C=CC9=O)C(C)C)cc8)C7)cc(=O)c6nc5c4c3=C2O)NC(=O)/C(C)=C\C=C\[C@H](C)C[C@@H](C)[C@@H](O)[C@@H](C)[C@H](OC(C)=O)[C@@H]1C. The van der Waals surface area contributed by atoms with E-state index in [1.54, 1.807) is 62.9 Å². The molecule has 1 fully saturated rings. The first kappa shape index (κ1) is 78.3. The third-order valence-electron chi connectivity index (χ3n) is 19.3. The van der Waals surface area contributed by atoms with E-state index in [0.717, 1.165) is 4.90 Å². The molecule has 0 saturated carbocycles. The number of primary amides is 1. The van der Waals surface area contributed by atoms with Gasteiger partial charge in [0.2, 0.25) is 28.6 Å². The Morgan fingerprint density at radius 3 is 2.24 bits per heavy atom. The quantitative estimate of drug-likeness (QED) is 0.0115. The first-order chi connectivity index (χ1) is 49.8. The molecular weight excluding hydrogens is 1360 g/mol. The van der Waals surface area contributed by atoms with Gasteiger partial charge in [0.25, 0.3) is 17.7 Å².